The third-order valence-corrected chi connectivity index (χ3v) is 12.4. The maximum absolute atomic E-state index is 4.53. The summed E-state index contributed by atoms with van der Waals surface area (Å²) in [6, 6.07) is 30.6. The minimum atomic E-state index is -0.743. The van der Waals surface area contributed by atoms with Crippen LogP contribution in [-0.4, -0.2) is 14.8 Å². The van der Waals surface area contributed by atoms with Gasteiger partial charge < -0.3 is 0 Å². The van der Waals surface area contributed by atoms with Crippen LogP contribution < -0.4 is 10.5 Å². The largest absolute Gasteiger partial charge is 0.297 e. The normalized spacial score (nSPS) is 19.8. The molecule has 0 aliphatic heterocycles. The average Bonchev–Trinajstić information content (AvgIpc) is 3.23. The molecule has 233 valence electrons. The lowest BCUT2D eigenvalue weighted by Gasteiger charge is -2.43. The fourth-order valence-corrected chi connectivity index (χ4v) is 9.25. The van der Waals surface area contributed by atoms with Crippen molar-refractivity contribution in [1.29, 1.82) is 0 Å². The topological polar surface area (TPSA) is 12.0 Å². The highest BCUT2D eigenvalue weighted by atomic mass is 28.3. The molecule has 1 saturated carbocycles. The summed E-state index contributed by atoms with van der Waals surface area (Å²) in [5.74, 6) is 0.418. The van der Waals surface area contributed by atoms with E-state index in [9.17, 15) is 0 Å². The summed E-state index contributed by atoms with van der Waals surface area (Å²) in [5.41, 5.74) is 11.2. The van der Waals surface area contributed by atoms with Crippen LogP contribution in [-0.2, 0) is 5.54 Å². The van der Waals surface area contributed by atoms with Crippen LogP contribution in [0.3, 0.4) is 0 Å². The first-order valence-corrected chi connectivity index (χ1v) is 20.1. The van der Waals surface area contributed by atoms with E-state index >= 15 is 0 Å². The predicted molar refractivity (Wildman–Crippen MR) is 194 cm³/mol. The zero-order valence-corrected chi connectivity index (χ0v) is 29.4. The molecular formula is C42H56NSi. The second kappa shape index (κ2) is 15.1. The Morgan fingerprint density at radius 2 is 1.11 bits per heavy atom. The van der Waals surface area contributed by atoms with Crippen LogP contribution in [0.5, 0.6) is 0 Å². The third-order valence-electron chi connectivity index (χ3n) is 10.9. The number of rotatable bonds is 7. The molecule has 0 bridgehead atoms. The standard InChI is InChI=1S/C42H56NSi/c1-31-32(2)34(4)40(33(31)3)41-38(29-22-30-39(41)44(5)6)42(35-23-16-14-17-24-35,36-25-18-15-19-26-36)43-37-27-20-12-10-8-7-9-11-13-21-28-37/h14-19,22-26,29-30,33,37,43H,7-13,20-21,27-28H2,1-6H3. The highest BCUT2D eigenvalue weighted by Crippen LogP contribution is 2.47. The molecular weight excluding hydrogens is 547 g/mol. The molecule has 1 atom stereocenters. The zero-order valence-electron chi connectivity index (χ0n) is 28.4. The van der Waals surface area contributed by atoms with Crippen molar-refractivity contribution in [2.45, 2.75) is 123 Å². The van der Waals surface area contributed by atoms with Crippen molar-refractivity contribution in [1.82, 2.24) is 5.32 Å². The maximum atomic E-state index is 4.53. The second-order valence-electron chi connectivity index (χ2n) is 13.9. The molecule has 3 aromatic rings. The van der Waals surface area contributed by atoms with Crippen LogP contribution in [0.1, 0.15) is 121 Å². The van der Waals surface area contributed by atoms with Crippen molar-refractivity contribution < 1.29 is 0 Å². The van der Waals surface area contributed by atoms with Crippen molar-refractivity contribution in [2.24, 2.45) is 5.92 Å². The summed E-state index contributed by atoms with van der Waals surface area (Å²) >= 11 is 0. The summed E-state index contributed by atoms with van der Waals surface area (Å²) in [5, 5.41) is 6.09. The minimum absolute atomic E-state index is 0.418. The number of benzene rings is 3. The van der Waals surface area contributed by atoms with Crippen molar-refractivity contribution in [3.8, 4) is 0 Å². The summed E-state index contributed by atoms with van der Waals surface area (Å²) in [6.45, 7) is 14.5. The first-order valence-electron chi connectivity index (χ1n) is 17.6. The molecule has 0 saturated heterocycles. The van der Waals surface area contributed by atoms with E-state index < -0.39 is 14.3 Å². The van der Waals surface area contributed by atoms with E-state index in [2.05, 4.69) is 125 Å². The number of hydrogen-bond acceptors (Lipinski definition) is 1. The lowest BCUT2D eigenvalue weighted by atomic mass is 9.72. The van der Waals surface area contributed by atoms with Gasteiger partial charge in [-0.05, 0) is 72.6 Å². The molecule has 1 fully saturated rings. The maximum Gasteiger partial charge on any atom is 0.0955 e. The summed E-state index contributed by atoms with van der Waals surface area (Å²) in [7, 11) is -0.743. The van der Waals surface area contributed by atoms with E-state index in [0.29, 0.717) is 12.0 Å². The van der Waals surface area contributed by atoms with E-state index in [-0.39, 0.29) is 0 Å². The highest BCUT2D eigenvalue weighted by molar-refractivity contribution is 6.71. The average molecular weight is 603 g/mol. The molecule has 2 aliphatic carbocycles. The smallest absolute Gasteiger partial charge is 0.0955 e. The molecule has 2 heteroatoms. The lowest BCUT2D eigenvalue weighted by molar-refractivity contribution is 0.336. The molecule has 0 spiro atoms. The van der Waals surface area contributed by atoms with Crippen LogP contribution in [0.15, 0.2) is 95.6 Å². The van der Waals surface area contributed by atoms with Crippen molar-refractivity contribution in [2.75, 3.05) is 0 Å². The Morgan fingerprint density at radius 1 is 0.614 bits per heavy atom. The molecule has 1 unspecified atom stereocenters. The van der Waals surface area contributed by atoms with Gasteiger partial charge in [0.25, 0.3) is 0 Å². The second-order valence-corrected chi connectivity index (χ2v) is 16.4. The molecule has 0 aromatic heterocycles. The highest BCUT2D eigenvalue weighted by Gasteiger charge is 2.42. The van der Waals surface area contributed by atoms with Gasteiger partial charge in [-0.3, -0.25) is 5.32 Å². The first kappa shape index (κ1) is 32.7. The zero-order chi connectivity index (χ0) is 31.1. The van der Waals surface area contributed by atoms with Crippen LogP contribution >= 0.6 is 0 Å². The fourth-order valence-electron chi connectivity index (χ4n) is 8.05. The monoisotopic (exact) mass is 602 g/mol. The van der Waals surface area contributed by atoms with Crippen LogP contribution in [0.4, 0.5) is 0 Å². The Labute approximate surface area is 270 Å². The fraction of sp³-hybridized carbons (Fsp3) is 0.476. The van der Waals surface area contributed by atoms with E-state index in [1.54, 1.807) is 10.8 Å². The Bertz CT molecular complexity index is 1380. The van der Waals surface area contributed by atoms with Gasteiger partial charge >= 0.3 is 0 Å². The molecule has 0 amide bonds. The quantitative estimate of drug-likeness (QED) is 0.209. The number of allylic oxidation sites excluding steroid dienone is 4. The Hall–Kier alpha value is -2.68. The van der Waals surface area contributed by atoms with E-state index in [4.69, 9.17) is 0 Å². The summed E-state index contributed by atoms with van der Waals surface area (Å²) < 4.78 is 0. The molecule has 2 aliphatic rings. The molecule has 5 rings (SSSR count). The molecule has 0 heterocycles. The van der Waals surface area contributed by atoms with Crippen LogP contribution in [0, 0.1) is 5.92 Å². The van der Waals surface area contributed by atoms with E-state index in [0.717, 1.165) is 0 Å². The van der Waals surface area contributed by atoms with Crippen LogP contribution in [0.2, 0.25) is 13.1 Å². The number of nitrogens with one attached hydrogen (secondary N) is 1. The SMILES string of the molecule is CC1=C(C)C(C)C(c2c([Si](C)C)cccc2C(NC2CCCCCCCCCCC2)(c2ccccc2)c2ccccc2)=C1C. The molecule has 1 radical (unpaired) electrons. The van der Waals surface area contributed by atoms with Crippen LogP contribution in [0.25, 0.3) is 5.57 Å². The summed E-state index contributed by atoms with van der Waals surface area (Å²) in [4.78, 5) is 0. The van der Waals surface area contributed by atoms with Crippen molar-refractivity contribution in [3.05, 3.63) is 118 Å². The van der Waals surface area contributed by atoms with E-state index in [1.165, 1.54) is 110 Å². The minimum Gasteiger partial charge on any atom is -0.297 e. The van der Waals surface area contributed by atoms with Crippen molar-refractivity contribution in [3.63, 3.8) is 0 Å². The van der Waals surface area contributed by atoms with Gasteiger partial charge in [0.1, 0.15) is 0 Å². The van der Waals surface area contributed by atoms with Gasteiger partial charge in [0.2, 0.25) is 0 Å². The van der Waals surface area contributed by atoms with Gasteiger partial charge in [-0.25, -0.2) is 0 Å². The predicted octanol–water partition coefficient (Wildman–Crippen LogP) is 11.0. The Kier molecular flexibility index (Phi) is 11.2. The van der Waals surface area contributed by atoms with Gasteiger partial charge in [0.15, 0.2) is 0 Å². The lowest BCUT2D eigenvalue weighted by Crippen LogP contribution is -2.51. The molecule has 44 heavy (non-hydrogen) atoms. The van der Waals surface area contributed by atoms with Gasteiger partial charge in [0.05, 0.1) is 14.3 Å². The van der Waals surface area contributed by atoms with Crippen molar-refractivity contribution >= 4 is 19.6 Å². The molecule has 3 aromatic carbocycles. The van der Waals surface area contributed by atoms with Gasteiger partial charge in [0, 0.05) is 12.0 Å². The Morgan fingerprint density at radius 3 is 1.57 bits per heavy atom. The third kappa shape index (κ3) is 6.77. The molecule has 1 N–H and O–H groups in total. The van der Waals surface area contributed by atoms with Gasteiger partial charge in [-0.2, -0.15) is 0 Å². The van der Waals surface area contributed by atoms with Gasteiger partial charge in [-0.15, -0.1) is 0 Å². The first-order chi connectivity index (χ1) is 21.4. The molecule has 1 nitrogen and oxygen atoms in total. The van der Waals surface area contributed by atoms with E-state index in [1.807, 2.05) is 0 Å². The number of hydrogen-bond donors (Lipinski definition) is 1. The summed E-state index contributed by atoms with van der Waals surface area (Å²) in [6.07, 6.45) is 14.8. The Balaban J connectivity index is 1.78. The van der Waals surface area contributed by atoms with Gasteiger partial charge in [-0.1, -0.05) is 167 Å².